The number of halogens is 3. The summed E-state index contributed by atoms with van der Waals surface area (Å²) in [6.07, 6.45) is -0.528. The third kappa shape index (κ3) is 7.74. The van der Waals surface area contributed by atoms with Crippen molar-refractivity contribution in [3.05, 3.63) is 56.0 Å². The number of aliphatic hydroxyl groups is 1. The fourth-order valence-electron chi connectivity index (χ4n) is 3.01. The smallest absolute Gasteiger partial charge is 0.414 e. The molecule has 0 unspecified atom stereocenters. The third-order valence-electron chi connectivity index (χ3n) is 4.41. The molecular weight excluding hydrogens is 575 g/mol. The topological polar surface area (TPSA) is 89.0 Å². The molecule has 0 saturated heterocycles. The van der Waals surface area contributed by atoms with Gasteiger partial charge in [0.25, 0.3) is 0 Å². The van der Waals surface area contributed by atoms with Gasteiger partial charge in [0, 0.05) is 25.1 Å². The zero-order valence-electron chi connectivity index (χ0n) is 19.8. The zero-order valence-corrected chi connectivity index (χ0v) is 23.0. The molecule has 186 valence electrons. The number of nitrogens with zero attached hydrogens (tertiary/aromatic N) is 2. The van der Waals surface area contributed by atoms with Crippen molar-refractivity contribution in [2.45, 2.75) is 59.2 Å². The van der Waals surface area contributed by atoms with Crippen LogP contribution in [0.5, 0.6) is 0 Å². The molecule has 0 aliphatic heterocycles. The summed E-state index contributed by atoms with van der Waals surface area (Å²) in [6, 6.07) is 6.00. The minimum absolute atomic E-state index is 0.0747. The maximum absolute atomic E-state index is 13.4. The number of carbonyl (C=O) groups excluding carboxylic acids is 2. The molecule has 0 saturated carbocycles. The third-order valence-corrected chi connectivity index (χ3v) is 5.92. The van der Waals surface area contributed by atoms with Gasteiger partial charge in [-0.3, -0.25) is 4.90 Å². The predicted molar refractivity (Wildman–Crippen MR) is 135 cm³/mol. The normalized spacial score (nSPS) is 11.5. The first-order chi connectivity index (χ1) is 15.8. The summed E-state index contributed by atoms with van der Waals surface area (Å²) in [5, 5.41) is 9.42. The first kappa shape index (κ1) is 28.2. The van der Waals surface area contributed by atoms with E-state index in [2.05, 4.69) is 36.8 Å². The van der Waals surface area contributed by atoms with Crippen molar-refractivity contribution in [1.82, 2.24) is 4.98 Å². The lowest BCUT2D eigenvalue weighted by Gasteiger charge is -2.29. The fraction of sp³-hybridized carbons (Fsp3) is 0.458. The van der Waals surface area contributed by atoms with Crippen LogP contribution in [0.4, 0.5) is 14.9 Å². The molecule has 7 nitrogen and oxygen atoms in total. The number of aliphatic hydroxyl groups excluding tert-OH is 1. The molecule has 2 aromatic rings. The van der Waals surface area contributed by atoms with Crippen LogP contribution in [0.2, 0.25) is 0 Å². The lowest BCUT2D eigenvalue weighted by Crippen LogP contribution is -2.39. The predicted octanol–water partition coefficient (Wildman–Crippen LogP) is 6.03. The van der Waals surface area contributed by atoms with Gasteiger partial charge in [-0.25, -0.2) is 19.0 Å². The lowest BCUT2D eigenvalue weighted by molar-refractivity contribution is 0.0371. The monoisotopic (exact) mass is 602 g/mol. The Kier molecular flexibility index (Phi) is 10.0. The van der Waals surface area contributed by atoms with Gasteiger partial charge in [0.15, 0.2) is 5.69 Å². The molecule has 0 bridgehead atoms. The zero-order chi connectivity index (χ0) is 25.6. The number of rotatable bonds is 8. The highest BCUT2D eigenvalue weighted by Crippen LogP contribution is 2.38. The van der Waals surface area contributed by atoms with Gasteiger partial charge in [0.1, 0.15) is 16.0 Å². The Labute approximate surface area is 215 Å². The summed E-state index contributed by atoms with van der Waals surface area (Å²) in [7, 11) is 0. The van der Waals surface area contributed by atoms with E-state index in [1.165, 1.54) is 17.0 Å². The van der Waals surface area contributed by atoms with Crippen molar-refractivity contribution in [3.63, 3.8) is 0 Å². The van der Waals surface area contributed by atoms with Crippen LogP contribution in [0.1, 0.15) is 62.7 Å². The second-order valence-corrected chi connectivity index (χ2v) is 10.4. The van der Waals surface area contributed by atoms with Gasteiger partial charge < -0.3 is 14.6 Å². The number of carbonyl (C=O) groups is 2. The number of esters is 1. The van der Waals surface area contributed by atoms with E-state index in [0.717, 1.165) is 5.56 Å². The number of pyridine rings is 1. The summed E-state index contributed by atoms with van der Waals surface area (Å²) in [4.78, 5) is 31.9. The number of amides is 1. The highest BCUT2D eigenvalue weighted by atomic mass is 79.9. The molecule has 1 heterocycles. The van der Waals surface area contributed by atoms with Crippen LogP contribution < -0.4 is 4.90 Å². The van der Waals surface area contributed by atoms with E-state index >= 15 is 0 Å². The standard InChI is InChI=1S/C24H29Br2FN2O5/c1-14(2)33-22(31)19-20(29(11-6-12-30)23(32)34-24(3,4)5)18(25)17(21(26)28-19)13-15-7-9-16(27)10-8-15/h7-10,14,30H,6,11-13H2,1-5H3. The van der Waals surface area contributed by atoms with Crippen LogP contribution >= 0.6 is 31.9 Å². The van der Waals surface area contributed by atoms with Crippen LogP contribution in [0.25, 0.3) is 0 Å². The lowest BCUT2D eigenvalue weighted by atomic mass is 10.0. The maximum atomic E-state index is 13.4. The molecule has 34 heavy (non-hydrogen) atoms. The fourth-order valence-corrected chi connectivity index (χ4v) is 4.52. The second-order valence-electron chi connectivity index (χ2n) is 8.86. The summed E-state index contributed by atoms with van der Waals surface area (Å²) >= 11 is 6.99. The average Bonchev–Trinajstić information content (AvgIpc) is 2.71. The van der Waals surface area contributed by atoms with Gasteiger partial charge in [0.2, 0.25) is 0 Å². The second kappa shape index (κ2) is 12.1. The van der Waals surface area contributed by atoms with Crippen LogP contribution in [0.3, 0.4) is 0 Å². The molecule has 1 aromatic heterocycles. The van der Waals surface area contributed by atoms with Crippen molar-refractivity contribution < 1.29 is 28.6 Å². The number of benzene rings is 1. The summed E-state index contributed by atoms with van der Waals surface area (Å²) in [5.41, 5.74) is 0.736. The summed E-state index contributed by atoms with van der Waals surface area (Å²) < 4.78 is 25.1. The molecule has 1 aromatic carbocycles. The largest absolute Gasteiger partial charge is 0.458 e. The van der Waals surface area contributed by atoms with E-state index in [1.807, 2.05) is 0 Å². The van der Waals surface area contributed by atoms with Gasteiger partial charge in [-0.1, -0.05) is 12.1 Å². The molecule has 0 spiro atoms. The van der Waals surface area contributed by atoms with Crippen molar-refractivity contribution in [2.24, 2.45) is 0 Å². The van der Waals surface area contributed by atoms with E-state index in [1.54, 1.807) is 46.8 Å². The van der Waals surface area contributed by atoms with Crippen LogP contribution in [0.15, 0.2) is 33.3 Å². The molecule has 2 rings (SSSR count). The number of anilines is 1. The summed E-state index contributed by atoms with van der Waals surface area (Å²) in [5.74, 6) is -1.06. The minimum Gasteiger partial charge on any atom is -0.458 e. The molecule has 1 amide bonds. The first-order valence-corrected chi connectivity index (χ1v) is 12.4. The van der Waals surface area contributed by atoms with Gasteiger partial charge in [-0.2, -0.15) is 0 Å². The van der Waals surface area contributed by atoms with Crippen LogP contribution in [-0.2, 0) is 15.9 Å². The van der Waals surface area contributed by atoms with Crippen LogP contribution in [-0.4, -0.2) is 47.0 Å². The first-order valence-electron chi connectivity index (χ1n) is 10.8. The Morgan fingerprint density at radius 2 is 1.79 bits per heavy atom. The van der Waals surface area contributed by atoms with E-state index in [0.29, 0.717) is 21.1 Å². The molecular formula is C24H29Br2FN2O5. The van der Waals surface area contributed by atoms with E-state index < -0.39 is 23.8 Å². The van der Waals surface area contributed by atoms with Gasteiger partial charge in [-0.15, -0.1) is 0 Å². The molecule has 10 heteroatoms. The number of hydrogen-bond donors (Lipinski definition) is 1. The van der Waals surface area contributed by atoms with E-state index in [-0.39, 0.29) is 36.8 Å². The Hall–Kier alpha value is -2.04. The van der Waals surface area contributed by atoms with Crippen molar-refractivity contribution >= 4 is 49.6 Å². The Balaban J connectivity index is 2.69. The van der Waals surface area contributed by atoms with Crippen molar-refractivity contribution in [2.75, 3.05) is 18.1 Å². The molecule has 0 atom stereocenters. The maximum Gasteiger partial charge on any atom is 0.414 e. The van der Waals surface area contributed by atoms with Crippen LogP contribution in [0, 0.1) is 5.82 Å². The van der Waals surface area contributed by atoms with E-state index in [9.17, 15) is 19.1 Å². The molecule has 0 fully saturated rings. The Morgan fingerprint density at radius 3 is 2.32 bits per heavy atom. The number of hydrogen-bond acceptors (Lipinski definition) is 6. The molecule has 1 N–H and O–H groups in total. The van der Waals surface area contributed by atoms with E-state index in [4.69, 9.17) is 9.47 Å². The highest BCUT2D eigenvalue weighted by Gasteiger charge is 2.32. The summed E-state index contributed by atoms with van der Waals surface area (Å²) in [6.45, 7) is 8.53. The van der Waals surface area contributed by atoms with Crippen molar-refractivity contribution in [3.8, 4) is 0 Å². The number of aromatic nitrogens is 1. The Bertz CT molecular complexity index is 1020. The minimum atomic E-state index is -0.792. The Morgan fingerprint density at radius 1 is 1.18 bits per heavy atom. The average molecular weight is 604 g/mol. The molecule has 0 radical (unpaired) electrons. The number of ether oxygens (including phenoxy) is 2. The van der Waals surface area contributed by atoms with Gasteiger partial charge in [-0.05, 0) is 90.6 Å². The SMILES string of the molecule is CC(C)OC(=O)c1nc(Br)c(Cc2ccc(F)cc2)c(Br)c1N(CCCO)C(=O)OC(C)(C)C. The van der Waals surface area contributed by atoms with Gasteiger partial charge in [0.05, 0.1) is 16.3 Å². The highest BCUT2D eigenvalue weighted by molar-refractivity contribution is 9.11. The quantitative estimate of drug-likeness (QED) is 0.293. The van der Waals surface area contributed by atoms with Gasteiger partial charge >= 0.3 is 12.1 Å². The van der Waals surface area contributed by atoms with Crippen molar-refractivity contribution in [1.29, 1.82) is 0 Å². The molecule has 0 aliphatic carbocycles. The molecule has 0 aliphatic rings.